The third-order valence-electron chi connectivity index (χ3n) is 5.55. The molecule has 0 aliphatic carbocycles. The van der Waals surface area contributed by atoms with Gasteiger partial charge in [0.1, 0.15) is 17.3 Å². The number of rotatable bonds is 7. The molecule has 4 aromatic heterocycles. The summed E-state index contributed by atoms with van der Waals surface area (Å²) in [7, 11) is 1.65. The van der Waals surface area contributed by atoms with E-state index >= 15 is 0 Å². The number of aromatic nitrogens is 4. The van der Waals surface area contributed by atoms with Crippen molar-refractivity contribution in [3.05, 3.63) is 103 Å². The van der Waals surface area contributed by atoms with Crippen molar-refractivity contribution in [2.45, 2.75) is 6.42 Å². The van der Waals surface area contributed by atoms with Gasteiger partial charge in [-0.1, -0.05) is 24.3 Å². The van der Waals surface area contributed by atoms with Gasteiger partial charge in [-0.2, -0.15) is 5.10 Å². The van der Waals surface area contributed by atoms with Gasteiger partial charge in [-0.15, -0.1) is 0 Å². The molecule has 4 heterocycles. The summed E-state index contributed by atoms with van der Waals surface area (Å²) in [6.45, 7) is 0.511. The number of benzene rings is 1. The molecule has 33 heavy (non-hydrogen) atoms. The largest absolute Gasteiger partial charge is 0.497 e. The quantitative estimate of drug-likeness (QED) is 0.415. The Balaban J connectivity index is 1.37. The first-order valence-electron chi connectivity index (χ1n) is 10.7. The van der Waals surface area contributed by atoms with E-state index in [0.717, 1.165) is 33.8 Å². The van der Waals surface area contributed by atoms with Gasteiger partial charge in [0.05, 0.1) is 13.3 Å². The van der Waals surface area contributed by atoms with Crippen LogP contribution < -0.4 is 10.1 Å². The first-order chi connectivity index (χ1) is 16.2. The average molecular weight is 438 g/mol. The molecule has 1 amide bonds. The van der Waals surface area contributed by atoms with Gasteiger partial charge in [-0.3, -0.25) is 9.78 Å². The molecule has 0 atom stereocenters. The number of nitrogens with zero attached hydrogens (tertiary/aromatic N) is 4. The molecule has 7 nitrogen and oxygen atoms in total. The first-order valence-corrected chi connectivity index (χ1v) is 10.7. The molecule has 5 aromatic rings. The highest BCUT2D eigenvalue weighted by atomic mass is 16.5. The van der Waals surface area contributed by atoms with E-state index in [4.69, 9.17) is 4.74 Å². The number of pyridine rings is 2. The Morgan fingerprint density at radius 1 is 1.00 bits per heavy atom. The SMILES string of the molecule is COc1cccc(CCNC(=O)c2ccnn2-c2ccc3ccc(-c4cccnc4)cn23)c1. The molecule has 0 saturated heterocycles. The Kier molecular flexibility index (Phi) is 5.59. The number of methoxy groups -OCH3 is 1. The second kappa shape index (κ2) is 9.00. The Hall–Kier alpha value is -4.39. The number of ether oxygens (including phenoxy) is 1. The van der Waals surface area contributed by atoms with Crippen molar-refractivity contribution in [2.75, 3.05) is 13.7 Å². The van der Waals surface area contributed by atoms with Crippen molar-refractivity contribution in [2.24, 2.45) is 0 Å². The standard InChI is InChI=1S/C26H23N5O2/c1-33-23-6-2-4-19(16-23)11-14-28-26(32)24-12-15-29-31(24)25-10-9-22-8-7-21(18-30(22)25)20-5-3-13-27-17-20/h2-10,12-13,15-18H,11,14H2,1H3,(H,28,32). The van der Waals surface area contributed by atoms with Crippen molar-refractivity contribution in [1.29, 1.82) is 0 Å². The lowest BCUT2D eigenvalue weighted by molar-refractivity contribution is 0.0946. The van der Waals surface area contributed by atoms with Crippen LogP contribution in [0.5, 0.6) is 5.75 Å². The summed E-state index contributed by atoms with van der Waals surface area (Å²) < 4.78 is 8.96. The number of carbonyl (C=O) groups is 1. The summed E-state index contributed by atoms with van der Waals surface area (Å²) in [5, 5.41) is 7.43. The molecule has 0 aliphatic heterocycles. The molecule has 0 fully saturated rings. The number of hydrogen-bond acceptors (Lipinski definition) is 4. The highest BCUT2D eigenvalue weighted by molar-refractivity contribution is 5.93. The van der Waals surface area contributed by atoms with Crippen LogP contribution in [-0.2, 0) is 6.42 Å². The number of fused-ring (bicyclic) bond motifs is 1. The molecule has 0 radical (unpaired) electrons. The molecule has 0 spiro atoms. The van der Waals surface area contributed by atoms with Gasteiger partial charge < -0.3 is 14.5 Å². The maximum atomic E-state index is 12.9. The minimum Gasteiger partial charge on any atom is -0.497 e. The zero-order valence-electron chi connectivity index (χ0n) is 18.2. The fourth-order valence-electron chi connectivity index (χ4n) is 3.86. The van der Waals surface area contributed by atoms with Crippen molar-refractivity contribution in [3.8, 4) is 22.7 Å². The van der Waals surface area contributed by atoms with Gasteiger partial charge in [-0.25, -0.2) is 4.68 Å². The summed E-state index contributed by atoms with van der Waals surface area (Å²) in [5.74, 6) is 1.43. The van der Waals surface area contributed by atoms with Crippen LogP contribution in [0.4, 0.5) is 0 Å². The van der Waals surface area contributed by atoms with Crippen LogP contribution in [-0.4, -0.2) is 38.7 Å². The van der Waals surface area contributed by atoms with E-state index in [1.54, 1.807) is 30.3 Å². The van der Waals surface area contributed by atoms with Gasteiger partial charge in [-0.05, 0) is 60.0 Å². The van der Waals surface area contributed by atoms with Crippen LogP contribution in [0.2, 0.25) is 0 Å². The van der Waals surface area contributed by atoms with Gasteiger partial charge in [0.15, 0.2) is 0 Å². The van der Waals surface area contributed by atoms with Crippen LogP contribution in [0.1, 0.15) is 16.1 Å². The van der Waals surface area contributed by atoms with Gasteiger partial charge in [0.2, 0.25) is 0 Å². The molecule has 1 N–H and O–H groups in total. The summed E-state index contributed by atoms with van der Waals surface area (Å²) in [4.78, 5) is 17.2. The zero-order valence-corrected chi connectivity index (χ0v) is 18.2. The van der Waals surface area contributed by atoms with Crippen LogP contribution in [0.3, 0.4) is 0 Å². The van der Waals surface area contributed by atoms with Crippen molar-refractivity contribution < 1.29 is 9.53 Å². The second-order valence-corrected chi connectivity index (χ2v) is 7.63. The number of carbonyl (C=O) groups excluding carboxylic acids is 1. The molecule has 0 bridgehead atoms. The van der Waals surface area contributed by atoms with Crippen LogP contribution in [0.25, 0.3) is 22.5 Å². The Labute approximate surface area is 191 Å². The zero-order chi connectivity index (χ0) is 22.6. The lowest BCUT2D eigenvalue weighted by Gasteiger charge is -2.10. The topological polar surface area (TPSA) is 73.4 Å². The van der Waals surface area contributed by atoms with Crippen molar-refractivity contribution in [3.63, 3.8) is 0 Å². The van der Waals surface area contributed by atoms with Crippen LogP contribution >= 0.6 is 0 Å². The van der Waals surface area contributed by atoms with E-state index in [1.807, 2.05) is 71.4 Å². The van der Waals surface area contributed by atoms with E-state index in [2.05, 4.69) is 21.5 Å². The molecule has 1 aromatic carbocycles. The molecule has 164 valence electrons. The maximum absolute atomic E-state index is 12.9. The van der Waals surface area contributed by atoms with Gasteiger partial charge in [0.25, 0.3) is 5.91 Å². The van der Waals surface area contributed by atoms with E-state index < -0.39 is 0 Å². The predicted molar refractivity (Wildman–Crippen MR) is 127 cm³/mol. The predicted octanol–water partition coefficient (Wildman–Crippen LogP) is 4.17. The maximum Gasteiger partial charge on any atom is 0.270 e. The highest BCUT2D eigenvalue weighted by Crippen LogP contribution is 2.23. The van der Waals surface area contributed by atoms with E-state index in [-0.39, 0.29) is 5.91 Å². The van der Waals surface area contributed by atoms with Crippen LogP contribution in [0, 0.1) is 0 Å². The smallest absolute Gasteiger partial charge is 0.270 e. The average Bonchev–Trinajstić information content (AvgIpc) is 3.51. The number of nitrogens with one attached hydrogen (secondary N) is 1. The Morgan fingerprint density at radius 2 is 1.91 bits per heavy atom. The van der Waals surface area contributed by atoms with Crippen molar-refractivity contribution in [1.82, 2.24) is 24.5 Å². The van der Waals surface area contributed by atoms with E-state index in [0.29, 0.717) is 18.7 Å². The summed E-state index contributed by atoms with van der Waals surface area (Å²) in [6, 6.07) is 21.6. The van der Waals surface area contributed by atoms with E-state index in [1.165, 1.54) is 0 Å². The minimum atomic E-state index is -0.172. The molecule has 7 heteroatoms. The Bertz CT molecular complexity index is 1400. The normalized spacial score (nSPS) is 10.9. The lowest BCUT2D eigenvalue weighted by atomic mass is 10.1. The Morgan fingerprint density at radius 3 is 2.76 bits per heavy atom. The second-order valence-electron chi connectivity index (χ2n) is 7.63. The third kappa shape index (κ3) is 4.21. The monoisotopic (exact) mass is 437 g/mol. The summed E-state index contributed by atoms with van der Waals surface area (Å²) >= 11 is 0. The highest BCUT2D eigenvalue weighted by Gasteiger charge is 2.16. The minimum absolute atomic E-state index is 0.172. The molecular formula is C26H23N5O2. The van der Waals surface area contributed by atoms with Gasteiger partial charge >= 0.3 is 0 Å². The van der Waals surface area contributed by atoms with E-state index in [9.17, 15) is 4.79 Å². The number of hydrogen-bond donors (Lipinski definition) is 1. The third-order valence-corrected chi connectivity index (χ3v) is 5.55. The first kappa shape index (κ1) is 20.5. The molecule has 0 unspecified atom stereocenters. The summed E-state index contributed by atoms with van der Waals surface area (Å²) in [5.41, 5.74) is 4.65. The fraction of sp³-hybridized carbons (Fsp3) is 0.115. The molecule has 5 rings (SSSR count). The van der Waals surface area contributed by atoms with Crippen molar-refractivity contribution >= 4 is 11.4 Å². The number of amides is 1. The summed E-state index contributed by atoms with van der Waals surface area (Å²) in [6.07, 6.45) is 7.97. The molecular weight excluding hydrogens is 414 g/mol. The lowest BCUT2D eigenvalue weighted by Crippen LogP contribution is -2.28. The van der Waals surface area contributed by atoms with Gasteiger partial charge in [0, 0.05) is 36.2 Å². The van der Waals surface area contributed by atoms with Crippen LogP contribution in [0.15, 0.2) is 91.5 Å². The molecule has 0 aliphatic rings. The fourth-order valence-corrected chi connectivity index (χ4v) is 3.86. The molecule has 0 saturated carbocycles.